The van der Waals surface area contributed by atoms with Gasteiger partial charge in [0, 0.05) is 17.2 Å². The number of halogens is 2. The van der Waals surface area contributed by atoms with E-state index >= 15 is 0 Å². The summed E-state index contributed by atoms with van der Waals surface area (Å²) in [6, 6.07) is 2.90. The van der Waals surface area contributed by atoms with Crippen molar-refractivity contribution in [1.82, 2.24) is 0 Å². The van der Waals surface area contributed by atoms with Crippen LogP contribution in [0.4, 0.5) is 5.69 Å². The topological polar surface area (TPSA) is 57.6 Å². The molecule has 8 heteroatoms. The van der Waals surface area contributed by atoms with Crippen molar-refractivity contribution in [3.63, 3.8) is 0 Å². The molecule has 0 spiro atoms. The molecule has 0 bridgehead atoms. The molecule has 0 aliphatic carbocycles. The van der Waals surface area contributed by atoms with Crippen LogP contribution < -0.4 is 4.42 Å². The maximum Gasteiger partial charge on any atom is 0.337 e. The number of carboxylic acids is 1. The Morgan fingerprint density at radius 3 is 2.61 bits per heavy atom. The fraction of sp³-hybridized carbons (Fsp3) is 0. The highest BCUT2D eigenvalue weighted by Gasteiger charge is 2.24. The molecule has 2 rings (SSSR count). The maximum atomic E-state index is 12.0. The van der Waals surface area contributed by atoms with Gasteiger partial charge in [-0.15, -0.1) is 22.7 Å². The molecule has 2 aromatic heterocycles. The Hall–Kier alpha value is -1.08. The van der Waals surface area contributed by atoms with Crippen LogP contribution in [0.1, 0.15) is 20.0 Å². The van der Waals surface area contributed by atoms with Crippen molar-refractivity contribution in [3.8, 4) is 0 Å². The van der Waals surface area contributed by atoms with Crippen molar-refractivity contribution < 1.29 is 14.7 Å². The summed E-state index contributed by atoms with van der Waals surface area (Å²) in [5.41, 5.74) is 0.360. The van der Waals surface area contributed by atoms with Gasteiger partial charge in [0.2, 0.25) is 0 Å². The first kappa shape index (κ1) is 13.4. The first-order valence-electron chi connectivity index (χ1n) is 4.55. The van der Waals surface area contributed by atoms with Crippen molar-refractivity contribution >= 4 is 63.6 Å². The minimum absolute atomic E-state index is 0.0584. The second kappa shape index (κ2) is 5.27. The number of carbonyl (C=O) groups is 2. The van der Waals surface area contributed by atoms with Gasteiger partial charge in [-0.1, -0.05) is 11.6 Å². The van der Waals surface area contributed by atoms with Gasteiger partial charge in [-0.25, -0.2) is 9.21 Å². The van der Waals surface area contributed by atoms with E-state index in [9.17, 15) is 9.59 Å². The minimum atomic E-state index is -1.16. The molecule has 0 aromatic carbocycles. The molecular weight excluding hydrogens is 317 g/mol. The van der Waals surface area contributed by atoms with Crippen molar-refractivity contribution in [2.45, 2.75) is 0 Å². The van der Waals surface area contributed by atoms with Gasteiger partial charge in [-0.3, -0.25) is 4.79 Å². The summed E-state index contributed by atoms with van der Waals surface area (Å²) in [6.07, 6.45) is 0. The number of carbonyl (C=O) groups excluding carboxylic acids is 1. The van der Waals surface area contributed by atoms with Gasteiger partial charge in [0.15, 0.2) is 0 Å². The zero-order chi connectivity index (χ0) is 13.3. The van der Waals surface area contributed by atoms with Gasteiger partial charge in [-0.05, 0) is 17.5 Å². The van der Waals surface area contributed by atoms with Gasteiger partial charge in [-0.2, -0.15) is 0 Å². The third kappa shape index (κ3) is 2.51. The molecule has 2 aromatic rings. The monoisotopic (exact) mass is 321 g/mol. The number of carboxylic acid groups (broad SMARTS) is 1. The Balaban J connectivity index is 2.31. The normalized spacial score (nSPS) is 10.3. The number of hydrogen-bond acceptors (Lipinski definition) is 4. The van der Waals surface area contributed by atoms with E-state index in [4.69, 9.17) is 28.5 Å². The number of anilines is 1. The number of aromatic carboxylic acids is 1. The fourth-order valence-electron chi connectivity index (χ4n) is 1.25. The summed E-state index contributed by atoms with van der Waals surface area (Å²) in [6.45, 7) is 0. The van der Waals surface area contributed by atoms with Crippen LogP contribution >= 0.6 is 46.1 Å². The summed E-state index contributed by atoms with van der Waals surface area (Å²) in [7, 11) is 0. The predicted molar refractivity (Wildman–Crippen MR) is 73.3 cm³/mol. The number of nitrogens with zero attached hydrogens (tertiary/aromatic N) is 1. The van der Waals surface area contributed by atoms with E-state index in [-0.39, 0.29) is 10.4 Å². The summed E-state index contributed by atoms with van der Waals surface area (Å²) >= 11 is 13.9. The van der Waals surface area contributed by atoms with Crippen LogP contribution in [-0.4, -0.2) is 17.0 Å². The van der Waals surface area contributed by atoms with Gasteiger partial charge < -0.3 is 5.11 Å². The lowest BCUT2D eigenvalue weighted by atomic mass is 10.2. The molecule has 94 valence electrons. The molecule has 0 radical (unpaired) electrons. The van der Waals surface area contributed by atoms with Crippen molar-refractivity contribution in [2.24, 2.45) is 0 Å². The SMILES string of the molecule is O=C(O)c1ccsc1C(=O)N(Cl)c1csc(Cl)c1. The molecule has 0 atom stereocenters. The molecule has 0 saturated heterocycles. The molecule has 0 unspecified atom stereocenters. The van der Waals surface area contributed by atoms with Gasteiger partial charge in [0.25, 0.3) is 5.91 Å². The van der Waals surface area contributed by atoms with E-state index in [0.717, 1.165) is 15.8 Å². The van der Waals surface area contributed by atoms with Crippen LogP contribution in [0.25, 0.3) is 0 Å². The van der Waals surface area contributed by atoms with Crippen LogP contribution in [-0.2, 0) is 0 Å². The smallest absolute Gasteiger partial charge is 0.337 e. The molecule has 2 heterocycles. The quantitative estimate of drug-likeness (QED) is 0.870. The highest BCUT2D eigenvalue weighted by atomic mass is 35.5. The molecule has 0 saturated carbocycles. The second-order valence-corrected chi connectivity index (χ2v) is 5.96. The second-order valence-electron chi connectivity index (χ2n) is 3.16. The summed E-state index contributed by atoms with van der Waals surface area (Å²) in [5, 5.41) is 12.1. The van der Waals surface area contributed by atoms with Gasteiger partial charge in [0.1, 0.15) is 4.88 Å². The van der Waals surface area contributed by atoms with E-state index in [1.54, 1.807) is 5.38 Å². The Kier molecular flexibility index (Phi) is 3.91. The fourth-order valence-corrected chi connectivity index (χ4v) is 3.20. The lowest BCUT2D eigenvalue weighted by molar-refractivity contribution is 0.0693. The summed E-state index contributed by atoms with van der Waals surface area (Å²) < 4.78 is 1.36. The number of hydrogen-bond donors (Lipinski definition) is 1. The van der Waals surface area contributed by atoms with E-state index in [0.29, 0.717) is 10.0 Å². The van der Waals surface area contributed by atoms with Crippen molar-refractivity contribution in [1.29, 1.82) is 0 Å². The molecule has 0 fully saturated rings. The third-order valence-electron chi connectivity index (χ3n) is 2.05. The van der Waals surface area contributed by atoms with E-state index in [2.05, 4.69) is 0 Å². The molecule has 1 N–H and O–H groups in total. The van der Waals surface area contributed by atoms with E-state index in [1.165, 1.54) is 28.8 Å². The molecule has 18 heavy (non-hydrogen) atoms. The zero-order valence-corrected chi connectivity index (χ0v) is 11.7. The lowest BCUT2D eigenvalue weighted by Gasteiger charge is -2.10. The van der Waals surface area contributed by atoms with Crippen molar-refractivity contribution in [3.05, 3.63) is 37.7 Å². The standard InChI is InChI=1S/C10H5Cl2NO3S2/c11-7-3-5(4-18-7)13(12)9(14)8-6(10(15)16)1-2-17-8/h1-4H,(H,15,16). The first-order valence-corrected chi connectivity index (χ1v) is 7.03. The summed E-state index contributed by atoms with van der Waals surface area (Å²) in [4.78, 5) is 23.1. The largest absolute Gasteiger partial charge is 0.478 e. The summed E-state index contributed by atoms with van der Waals surface area (Å²) in [5.74, 6) is -1.74. The van der Waals surface area contributed by atoms with Crippen LogP contribution in [0.5, 0.6) is 0 Å². The average Bonchev–Trinajstić information content (AvgIpc) is 2.95. The molecule has 0 aliphatic heterocycles. The number of thiophene rings is 2. The molecular formula is C10H5Cl2NO3S2. The van der Waals surface area contributed by atoms with E-state index < -0.39 is 11.9 Å². The van der Waals surface area contributed by atoms with Gasteiger partial charge in [0.05, 0.1) is 15.6 Å². The predicted octanol–water partition coefficient (Wildman–Crippen LogP) is 3.96. The highest BCUT2D eigenvalue weighted by Crippen LogP contribution is 2.30. The number of amides is 1. The first-order chi connectivity index (χ1) is 8.50. The maximum absolute atomic E-state index is 12.0. The third-order valence-corrected chi connectivity index (χ3v) is 4.38. The van der Waals surface area contributed by atoms with Crippen molar-refractivity contribution in [2.75, 3.05) is 4.42 Å². The van der Waals surface area contributed by atoms with Gasteiger partial charge >= 0.3 is 5.97 Å². The van der Waals surface area contributed by atoms with E-state index in [1.807, 2.05) is 0 Å². The Bertz CT molecular complexity index is 608. The van der Waals surface area contributed by atoms with Crippen LogP contribution in [0, 0.1) is 0 Å². The molecule has 4 nitrogen and oxygen atoms in total. The molecule has 1 amide bonds. The van der Waals surface area contributed by atoms with Crippen LogP contribution in [0.2, 0.25) is 4.34 Å². The van der Waals surface area contributed by atoms with Crippen LogP contribution in [0.3, 0.4) is 0 Å². The highest BCUT2D eigenvalue weighted by molar-refractivity contribution is 7.15. The Morgan fingerprint density at radius 2 is 2.06 bits per heavy atom. The lowest BCUT2D eigenvalue weighted by Crippen LogP contribution is -2.21. The Morgan fingerprint density at radius 1 is 1.33 bits per heavy atom. The average molecular weight is 322 g/mol. The minimum Gasteiger partial charge on any atom is -0.478 e. The number of rotatable bonds is 3. The Labute approximate surface area is 120 Å². The van der Waals surface area contributed by atoms with Crippen LogP contribution in [0.15, 0.2) is 22.9 Å². The molecule has 0 aliphatic rings. The zero-order valence-electron chi connectivity index (χ0n) is 8.59.